The molecular weight excluding hydrogens is 399 g/mol. The molecular formula is C16H22BrFN2O3S. The predicted molar refractivity (Wildman–Crippen MR) is 93.2 cm³/mol. The minimum atomic E-state index is -3.93. The molecule has 0 spiro atoms. The molecule has 1 amide bonds. The van der Waals surface area contributed by atoms with Crippen LogP contribution in [0.2, 0.25) is 0 Å². The Morgan fingerprint density at radius 3 is 2.54 bits per heavy atom. The highest BCUT2D eigenvalue weighted by Crippen LogP contribution is 2.29. The zero-order valence-corrected chi connectivity index (χ0v) is 15.8. The second-order valence-electron chi connectivity index (χ2n) is 6.17. The Morgan fingerprint density at radius 1 is 1.29 bits per heavy atom. The fraction of sp³-hybridized carbons (Fsp3) is 0.562. The summed E-state index contributed by atoms with van der Waals surface area (Å²) in [7, 11) is -3.93. The topological polar surface area (TPSA) is 80.5 Å². The molecule has 0 aliphatic heterocycles. The average Bonchev–Trinajstić information content (AvgIpc) is 2.51. The molecule has 2 rings (SSSR count). The van der Waals surface area contributed by atoms with Crippen LogP contribution in [0.1, 0.15) is 38.5 Å². The summed E-state index contributed by atoms with van der Waals surface area (Å²) in [5.74, 6) is -0.772. The van der Waals surface area contributed by atoms with Gasteiger partial charge in [-0.25, -0.2) is 12.8 Å². The van der Waals surface area contributed by atoms with Crippen molar-refractivity contribution in [2.75, 3.05) is 13.1 Å². The Labute approximate surface area is 150 Å². The molecule has 1 saturated carbocycles. The van der Waals surface area contributed by atoms with Gasteiger partial charge in [0.25, 0.3) is 0 Å². The van der Waals surface area contributed by atoms with E-state index in [4.69, 9.17) is 5.73 Å². The van der Waals surface area contributed by atoms with Crippen LogP contribution in [0.3, 0.4) is 0 Å². The Hall–Kier alpha value is -0.990. The van der Waals surface area contributed by atoms with Crippen molar-refractivity contribution in [3.8, 4) is 0 Å². The van der Waals surface area contributed by atoms with Crippen molar-refractivity contribution in [2.45, 2.75) is 43.4 Å². The van der Waals surface area contributed by atoms with Crippen LogP contribution in [0.5, 0.6) is 0 Å². The van der Waals surface area contributed by atoms with E-state index >= 15 is 0 Å². The van der Waals surface area contributed by atoms with Gasteiger partial charge in [-0.15, -0.1) is 0 Å². The van der Waals surface area contributed by atoms with Crippen LogP contribution < -0.4 is 5.73 Å². The van der Waals surface area contributed by atoms with Crippen molar-refractivity contribution in [1.82, 2.24) is 4.31 Å². The van der Waals surface area contributed by atoms with Crippen molar-refractivity contribution in [1.29, 1.82) is 0 Å². The smallest absolute Gasteiger partial charge is 0.244 e. The maximum absolute atomic E-state index is 13.2. The first-order valence-corrected chi connectivity index (χ1v) is 10.3. The molecule has 1 aliphatic rings. The van der Waals surface area contributed by atoms with Crippen molar-refractivity contribution in [3.05, 3.63) is 28.5 Å². The first-order chi connectivity index (χ1) is 11.3. The molecule has 0 radical (unpaired) electrons. The van der Waals surface area contributed by atoms with Gasteiger partial charge in [0.05, 0.1) is 11.4 Å². The van der Waals surface area contributed by atoms with E-state index < -0.39 is 21.7 Å². The number of sulfonamides is 1. The molecule has 134 valence electrons. The molecule has 1 aromatic rings. The quantitative estimate of drug-likeness (QED) is 0.735. The largest absolute Gasteiger partial charge is 0.369 e. The van der Waals surface area contributed by atoms with Crippen LogP contribution in [-0.4, -0.2) is 31.7 Å². The van der Waals surface area contributed by atoms with E-state index in [2.05, 4.69) is 15.9 Å². The number of hydrogen-bond acceptors (Lipinski definition) is 3. The average molecular weight is 421 g/mol. The van der Waals surface area contributed by atoms with E-state index in [0.29, 0.717) is 12.3 Å². The fourth-order valence-corrected chi connectivity index (χ4v) is 5.51. The number of rotatable bonds is 7. The first kappa shape index (κ1) is 19.3. The van der Waals surface area contributed by atoms with Crippen LogP contribution in [0.15, 0.2) is 27.6 Å². The third-order valence-electron chi connectivity index (χ3n) is 4.36. The van der Waals surface area contributed by atoms with Crippen molar-refractivity contribution in [3.63, 3.8) is 0 Å². The second-order valence-corrected chi connectivity index (χ2v) is 8.93. The van der Waals surface area contributed by atoms with Crippen molar-refractivity contribution < 1.29 is 17.6 Å². The van der Waals surface area contributed by atoms with Gasteiger partial charge in [-0.1, -0.05) is 32.1 Å². The van der Waals surface area contributed by atoms with Crippen LogP contribution >= 0.6 is 15.9 Å². The number of primary amides is 1. The van der Waals surface area contributed by atoms with Crippen LogP contribution in [-0.2, 0) is 14.8 Å². The van der Waals surface area contributed by atoms with Gasteiger partial charge in [-0.2, -0.15) is 4.31 Å². The third-order valence-corrected chi connectivity index (χ3v) is 7.18. The van der Waals surface area contributed by atoms with Gasteiger partial charge in [0.1, 0.15) is 5.82 Å². The number of halogens is 2. The summed E-state index contributed by atoms with van der Waals surface area (Å²) in [6.07, 6.45) is 6.43. The number of amides is 1. The fourth-order valence-electron chi connectivity index (χ4n) is 3.08. The SMILES string of the molecule is NC(=O)CN(CCC1CCCCC1)S(=O)(=O)c1ccc(F)cc1Br. The number of nitrogens with zero attached hydrogens (tertiary/aromatic N) is 1. The molecule has 24 heavy (non-hydrogen) atoms. The molecule has 0 unspecified atom stereocenters. The summed E-state index contributed by atoms with van der Waals surface area (Å²) in [6.45, 7) is -0.140. The molecule has 0 bridgehead atoms. The summed E-state index contributed by atoms with van der Waals surface area (Å²) in [5.41, 5.74) is 5.22. The zero-order chi connectivity index (χ0) is 17.7. The molecule has 2 N–H and O–H groups in total. The molecule has 0 atom stereocenters. The van der Waals surface area contributed by atoms with E-state index in [9.17, 15) is 17.6 Å². The second kappa shape index (κ2) is 8.40. The highest BCUT2D eigenvalue weighted by Gasteiger charge is 2.29. The van der Waals surface area contributed by atoms with E-state index in [0.717, 1.165) is 42.1 Å². The lowest BCUT2D eigenvalue weighted by molar-refractivity contribution is -0.118. The molecule has 0 heterocycles. The Balaban J connectivity index is 2.19. The van der Waals surface area contributed by atoms with E-state index in [1.54, 1.807) is 0 Å². The van der Waals surface area contributed by atoms with Crippen LogP contribution in [0.25, 0.3) is 0 Å². The summed E-state index contributed by atoms with van der Waals surface area (Å²) < 4.78 is 40.1. The van der Waals surface area contributed by atoms with Gasteiger partial charge >= 0.3 is 0 Å². The molecule has 8 heteroatoms. The Morgan fingerprint density at radius 2 is 1.96 bits per heavy atom. The Bertz CT molecular complexity index is 691. The number of carbonyl (C=O) groups is 1. The molecule has 0 saturated heterocycles. The normalized spacial score (nSPS) is 16.5. The molecule has 1 fully saturated rings. The molecule has 0 aromatic heterocycles. The maximum Gasteiger partial charge on any atom is 0.244 e. The summed E-state index contributed by atoms with van der Waals surface area (Å²) in [6, 6.07) is 3.38. The van der Waals surface area contributed by atoms with Gasteiger partial charge in [-0.05, 0) is 46.5 Å². The highest BCUT2D eigenvalue weighted by molar-refractivity contribution is 9.10. The van der Waals surface area contributed by atoms with Gasteiger partial charge in [0, 0.05) is 11.0 Å². The standard InChI is InChI=1S/C16H22BrFN2O3S/c17-14-10-13(18)6-7-15(14)24(22,23)20(11-16(19)21)9-8-12-4-2-1-3-5-12/h6-7,10,12H,1-5,8-9,11H2,(H2,19,21). The number of carbonyl (C=O) groups excluding carboxylic acids is 1. The molecule has 1 aromatic carbocycles. The third kappa shape index (κ3) is 5.00. The highest BCUT2D eigenvalue weighted by atomic mass is 79.9. The van der Waals surface area contributed by atoms with Gasteiger partial charge < -0.3 is 5.73 Å². The maximum atomic E-state index is 13.2. The first-order valence-electron chi connectivity index (χ1n) is 8.04. The minimum Gasteiger partial charge on any atom is -0.369 e. The van der Waals surface area contributed by atoms with Crippen LogP contribution in [0, 0.1) is 11.7 Å². The minimum absolute atomic E-state index is 0.0613. The van der Waals surface area contributed by atoms with E-state index in [1.165, 1.54) is 12.5 Å². The van der Waals surface area contributed by atoms with Crippen molar-refractivity contribution in [2.24, 2.45) is 11.7 Å². The van der Waals surface area contributed by atoms with E-state index in [-0.39, 0.29) is 22.5 Å². The zero-order valence-electron chi connectivity index (χ0n) is 13.4. The van der Waals surface area contributed by atoms with Crippen LogP contribution in [0.4, 0.5) is 4.39 Å². The predicted octanol–water partition coefficient (Wildman–Crippen LogP) is 3.03. The summed E-state index contributed by atoms with van der Waals surface area (Å²) in [4.78, 5) is 11.3. The Kier molecular flexibility index (Phi) is 6.77. The molecule has 5 nitrogen and oxygen atoms in total. The van der Waals surface area contributed by atoms with E-state index in [1.807, 2.05) is 0 Å². The lowest BCUT2D eigenvalue weighted by atomic mass is 9.87. The van der Waals surface area contributed by atoms with Gasteiger partial charge in [0.15, 0.2) is 0 Å². The number of benzene rings is 1. The number of hydrogen-bond donors (Lipinski definition) is 1. The number of nitrogens with two attached hydrogens (primary N) is 1. The van der Waals surface area contributed by atoms with Gasteiger partial charge in [0.2, 0.25) is 15.9 Å². The lowest BCUT2D eigenvalue weighted by Crippen LogP contribution is -2.39. The lowest BCUT2D eigenvalue weighted by Gasteiger charge is -2.26. The summed E-state index contributed by atoms with van der Waals surface area (Å²) >= 11 is 3.08. The monoisotopic (exact) mass is 420 g/mol. The van der Waals surface area contributed by atoms with Crippen molar-refractivity contribution >= 4 is 31.9 Å². The molecule has 1 aliphatic carbocycles. The van der Waals surface area contributed by atoms with Gasteiger partial charge in [-0.3, -0.25) is 4.79 Å². The summed E-state index contributed by atoms with van der Waals surface area (Å²) in [5, 5.41) is 0.